The molecule has 3 atom stereocenters. The molecular formula is C30H43N5. The summed E-state index contributed by atoms with van der Waals surface area (Å²) in [5.74, 6) is 1.22. The van der Waals surface area contributed by atoms with E-state index in [0.29, 0.717) is 11.5 Å². The van der Waals surface area contributed by atoms with E-state index < -0.39 is 0 Å². The fraction of sp³-hybridized carbons (Fsp3) is 0.400. The lowest BCUT2D eigenvalue weighted by molar-refractivity contribution is 0.453. The molecule has 0 radical (unpaired) electrons. The molecule has 0 aliphatic carbocycles. The average molecular weight is 474 g/mol. The molecule has 35 heavy (non-hydrogen) atoms. The summed E-state index contributed by atoms with van der Waals surface area (Å²) in [6.45, 7) is 15.9. The molecular weight excluding hydrogens is 430 g/mol. The molecule has 3 aromatic rings. The molecule has 0 amide bonds. The summed E-state index contributed by atoms with van der Waals surface area (Å²) < 4.78 is 0. The Kier molecular flexibility index (Phi) is 14.5. The predicted octanol–water partition coefficient (Wildman–Crippen LogP) is 7.37. The number of rotatable bonds is 6. The number of aromatic nitrogens is 1. The van der Waals surface area contributed by atoms with Crippen molar-refractivity contribution in [1.29, 1.82) is 5.26 Å². The minimum atomic E-state index is 0.139. The van der Waals surface area contributed by atoms with Crippen LogP contribution in [-0.2, 0) is 0 Å². The lowest BCUT2D eigenvalue weighted by Crippen LogP contribution is -2.45. The lowest BCUT2D eigenvalue weighted by Gasteiger charge is -2.35. The highest BCUT2D eigenvalue weighted by molar-refractivity contribution is 5.67. The first-order chi connectivity index (χ1) is 17.2. The second kappa shape index (κ2) is 17.1. The van der Waals surface area contributed by atoms with E-state index in [9.17, 15) is 0 Å². The number of anilines is 2. The molecule has 1 aliphatic rings. The van der Waals surface area contributed by atoms with Gasteiger partial charge >= 0.3 is 0 Å². The lowest BCUT2D eigenvalue weighted by atomic mass is 9.95. The third-order valence-corrected chi connectivity index (χ3v) is 5.46. The van der Waals surface area contributed by atoms with Crippen LogP contribution >= 0.6 is 0 Å². The fourth-order valence-electron chi connectivity index (χ4n) is 3.77. The molecule has 3 unspecified atom stereocenters. The van der Waals surface area contributed by atoms with E-state index in [1.165, 1.54) is 11.1 Å². The van der Waals surface area contributed by atoms with E-state index in [2.05, 4.69) is 58.2 Å². The standard InChI is InChI=1S/C24H25N5.3C2H6/c1-17(19-11-9-18(14-25)10-12-19)15-28-23(20-6-3-2-4-7-20)22-16-27-21-8-5-13-26-24(21)29-22;3*1-2/h2-13,17,22-23,27-28H,15-16H2,1H3,(H,26,29);3*1-2H3. The Hall–Kier alpha value is -3.36. The van der Waals surface area contributed by atoms with Gasteiger partial charge in [0.1, 0.15) is 5.82 Å². The van der Waals surface area contributed by atoms with Crippen LogP contribution in [0.15, 0.2) is 72.9 Å². The van der Waals surface area contributed by atoms with Gasteiger partial charge in [-0.2, -0.15) is 5.26 Å². The number of nitriles is 1. The minimum Gasteiger partial charge on any atom is -0.380 e. The molecule has 2 heterocycles. The van der Waals surface area contributed by atoms with E-state index in [1.807, 2.05) is 90.2 Å². The number of hydrogen-bond acceptors (Lipinski definition) is 5. The first kappa shape index (κ1) is 29.7. The average Bonchev–Trinajstić information content (AvgIpc) is 2.97. The van der Waals surface area contributed by atoms with Crippen molar-refractivity contribution in [2.75, 3.05) is 23.7 Å². The van der Waals surface area contributed by atoms with Crippen LogP contribution in [0.1, 0.15) is 77.1 Å². The Morgan fingerprint density at radius 2 is 1.57 bits per heavy atom. The van der Waals surface area contributed by atoms with Crippen molar-refractivity contribution in [2.24, 2.45) is 0 Å². The Morgan fingerprint density at radius 3 is 2.20 bits per heavy atom. The van der Waals surface area contributed by atoms with Crippen LogP contribution in [0, 0.1) is 11.3 Å². The van der Waals surface area contributed by atoms with Gasteiger partial charge in [-0.1, -0.05) is 90.9 Å². The largest absolute Gasteiger partial charge is 0.380 e. The van der Waals surface area contributed by atoms with Crippen LogP contribution < -0.4 is 16.0 Å². The monoisotopic (exact) mass is 473 g/mol. The van der Waals surface area contributed by atoms with Crippen molar-refractivity contribution in [1.82, 2.24) is 10.3 Å². The first-order valence-corrected chi connectivity index (χ1v) is 13.0. The van der Waals surface area contributed by atoms with Crippen molar-refractivity contribution in [3.8, 4) is 6.07 Å². The topological polar surface area (TPSA) is 72.8 Å². The van der Waals surface area contributed by atoms with Gasteiger partial charge in [0, 0.05) is 19.3 Å². The maximum absolute atomic E-state index is 9.00. The molecule has 1 aromatic heterocycles. The van der Waals surface area contributed by atoms with Crippen LogP contribution in [0.3, 0.4) is 0 Å². The molecule has 0 saturated carbocycles. The predicted molar refractivity (Wildman–Crippen MR) is 151 cm³/mol. The molecule has 0 spiro atoms. The van der Waals surface area contributed by atoms with Gasteiger partial charge in [-0.25, -0.2) is 4.98 Å². The van der Waals surface area contributed by atoms with Crippen LogP contribution in [0.4, 0.5) is 11.5 Å². The number of benzene rings is 2. The van der Waals surface area contributed by atoms with Crippen molar-refractivity contribution in [3.05, 3.63) is 89.6 Å². The Labute approximate surface area is 213 Å². The maximum Gasteiger partial charge on any atom is 0.149 e. The number of fused-ring (bicyclic) bond motifs is 1. The molecule has 0 bridgehead atoms. The van der Waals surface area contributed by atoms with E-state index in [0.717, 1.165) is 24.6 Å². The Morgan fingerprint density at radius 1 is 0.914 bits per heavy atom. The summed E-state index contributed by atoms with van der Waals surface area (Å²) in [5, 5.41) is 19.9. The Balaban J connectivity index is 0.000000949. The summed E-state index contributed by atoms with van der Waals surface area (Å²) in [4.78, 5) is 4.48. The van der Waals surface area contributed by atoms with Gasteiger partial charge in [-0.15, -0.1) is 0 Å². The van der Waals surface area contributed by atoms with Gasteiger partial charge in [0.25, 0.3) is 0 Å². The van der Waals surface area contributed by atoms with Gasteiger partial charge in [0.15, 0.2) is 0 Å². The molecule has 0 fully saturated rings. The van der Waals surface area contributed by atoms with Crippen molar-refractivity contribution in [2.45, 2.75) is 66.5 Å². The molecule has 2 aromatic carbocycles. The first-order valence-electron chi connectivity index (χ1n) is 13.0. The maximum atomic E-state index is 9.00. The zero-order valence-electron chi connectivity index (χ0n) is 22.5. The van der Waals surface area contributed by atoms with Crippen molar-refractivity contribution < 1.29 is 0 Å². The fourth-order valence-corrected chi connectivity index (χ4v) is 3.77. The van der Waals surface area contributed by atoms with Crippen LogP contribution in [0.2, 0.25) is 0 Å². The van der Waals surface area contributed by atoms with E-state index in [1.54, 1.807) is 0 Å². The van der Waals surface area contributed by atoms with E-state index in [4.69, 9.17) is 5.26 Å². The summed E-state index contributed by atoms with van der Waals surface area (Å²) >= 11 is 0. The second-order valence-electron chi connectivity index (χ2n) is 7.46. The summed E-state index contributed by atoms with van der Waals surface area (Å²) in [5.41, 5.74) is 4.21. The number of nitrogens with zero attached hydrogens (tertiary/aromatic N) is 2. The smallest absolute Gasteiger partial charge is 0.149 e. The molecule has 3 N–H and O–H groups in total. The SMILES string of the molecule is CC.CC.CC.CC(CNC(c1ccccc1)C1CNc2cccnc2N1)c1ccc(C#N)cc1. The molecule has 5 heteroatoms. The third kappa shape index (κ3) is 8.73. The normalized spacial score (nSPS) is 14.7. The van der Waals surface area contributed by atoms with Crippen LogP contribution in [0.5, 0.6) is 0 Å². The number of hydrogen-bond donors (Lipinski definition) is 3. The molecule has 188 valence electrons. The molecule has 1 aliphatic heterocycles. The van der Waals surface area contributed by atoms with Crippen molar-refractivity contribution in [3.63, 3.8) is 0 Å². The quantitative estimate of drug-likeness (QED) is 0.348. The summed E-state index contributed by atoms with van der Waals surface area (Å²) in [6, 6.07) is 24.9. The van der Waals surface area contributed by atoms with Gasteiger partial charge < -0.3 is 16.0 Å². The summed E-state index contributed by atoms with van der Waals surface area (Å²) in [6.07, 6.45) is 1.81. The van der Waals surface area contributed by atoms with Crippen LogP contribution in [-0.4, -0.2) is 24.1 Å². The zero-order valence-corrected chi connectivity index (χ0v) is 22.5. The number of nitrogens with one attached hydrogen (secondary N) is 3. The third-order valence-electron chi connectivity index (χ3n) is 5.46. The van der Waals surface area contributed by atoms with Crippen molar-refractivity contribution >= 4 is 11.5 Å². The molecule has 5 nitrogen and oxygen atoms in total. The Bertz CT molecular complexity index is 980. The van der Waals surface area contributed by atoms with Gasteiger partial charge in [0.2, 0.25) is 0 Å². The molecule has 0 saturated heterocycles. The number of pyridine rings is 1. The highest BCUT2D eigenvalue weighted by Gasteiger charge is 2.27. The van der Waals surface area contributed by atoms with Gasteiger partial charge in [-0.3, -0.25) is 0 Å². The highest BCUT2D eigenvalue weighted by atomic mass is 15.2. The summed E-state index contributed by atoms with van der Waals surface area (Å²) in [7, 11) is 0. The zero-order chi connectivity index (χ0) is 26.1. The molecule has 4 rings (SSSR count). The highest BCUT2D eigenvalue weighted by Crippen LogP contribution is 2.29. The van der Waals surface area contributed by atoms with E-state index >= 15 is 0 Å². The second-order valence-corrected chi connectivity index (χ2v) is 7.46. The van der Waals surface area contributed by atoms with Crippen LogP contribution in [0.25, 0.3) is 0 Å². The van der Waals surface area contributed by atoms with Gasteiger partial charge in [-0.05, 0) is 41.3 Å². The van der Waals surface area contributed by atoms with E-state index in [-0.39, 0.29) is 12.1 Å². The van der Waals surface area contributed by atoms with Gasteiger partial charge in [0.05, 0.1) is 29.4 Å². The minimum absolute atomic E-state index is 0.139.